The molecule has 1 aliphatic carbocycles. The summed E-state index contributed by atoms with van der Waals surface area (Å²) in [4.78, 5) is 21.9. The number of benzene rings is 1. The van der Waals surface area contributed by atoms with E-state index in [4.69, 9.17) is 10.2 Å². The Morgan fingerprint density at radius 3 is 2.19 bits per heavy atom. The quantitative estimate of drug-likeness (QED) is 0.788. The number of carboxylic acids is 2. The molecule has 0 bridgehead atoms. The van der Waals surface area contributed by atoms with Crippen molar-refractivity contribution in [2.45, 2.75) is 6.42 Å². The van der Waals surface area contributed by atoms with Crippen molar-refractivity contribution < 1.29 is 19.8 Å². The topological polar surface area (TPSA) is 74.6 Å². The molecule has 2 rings (SSSR count). The number of rotatable bonds is 2. The van der Waals surface area contributed by atoms with Crippen LogP contribution in [0.2, 0.25) is 0 Å². The second-order valence-electron chi connectivity index (χ2n) is 3.46. The van der Waals surface area contributed by atoms with E-state index in [1.54, 1.807) is 24.3 Å². The Morgan fingerprint density at radius 2 is 1.62 bits per heavy atom. The summed E-state index contributed by atoms with van der Waals surface area (Å²) < 4.78 is 0. The minimum atomic E-state index is -1.03. The molecule has 2 N–H and O–H groups in total. The van der Waals surface area contributed by atoms with Crippen LogP contribution in [0.5, 0.6) is 0 Å². The van der Waals surface area contributed by atoms with Gasteiger partial charge in [-0.2, -0.15) is 0 Å². The van der Waals surface area contributed by atoms with Gasteiger partial charge in [-0.1, -0.05) is 30.3 Å². The van der Waals surface area contributed by atoms with Crippen LogP contribution in [-0.2, 0) is 9.59 Å². The van der Waals surface area contributed by atoms with Crippen LogP contribution in [0.4, 0.5) is 0 Å². The minimum Gasteiger partial charge on any atom is -0.481 e. The Kier molecular flexibility index (Phi) is 2.48. The second-order valence-corrected chi connectivity index (χ2v) is 3.46. The smallest absolute Gasteiger partial charge is 0.335 e. The molecule has 81 valence electrons. The van der Waals surface area contributed by atoms with Gasteiger partial charge in [0.2, 0.25) is 0 Å². The number of fused-ring (bicyclic) bond motifs is 1. The lowest BCUT2D eigenvalue weighted by Crippen LogP contribution is -2.18. The molecule has 0 amide bonds. The zero-order valence-corrected chi connectivity index (χ0v) is 8.30. The molecule has 0 aliphatic heterocycles. The van der Waals surface area contributed by atoms with E-state index in [1.807, 2.05) is 0 Å². The van der Waals surface area contributed by atoms with Crippen molar-refractivity contribution in [3.05, 3.63) is 47.4 Å². The van der Waals surface area contributed by atoms with Gasteiger partial charge in [-0.05, 0) is 17.5 Å². The lowest BCUT2D eigenvalue weighted by atomic mass is 9.83. The van der Waals surface area contributed by atoms with Crippen LogP contribution in [-0.4, -0.2) is 22.2 Å². The summed E-state index contributed by atoms with van der Waals surface area (Å²) in [5.41, 5.74) is 1.13. The average molecular weight is 217 g/mol. The summed E-state index contributed by atoms with van der Waals surface area (Å²) in [6.45, 7) is 0. The van der Waals surface area contributed by atoms with Crippen LogP contribution in [0.15, 0.2) is 30.3 Å². The van der Waals surface area contributed by atoms with Crippen LogP contribution in [0.25, 0.3) is 5.57 Å². The highest BCUT2D eigenvalue weighted by Crippen LogP contribution is 2.33. The molecule has 1 radical (unpaired) electrons. The maximum atomic E-state index is 11.0. The van der Waals surface area contributed by atoms with E-state index < -0.39 is 11.9 Å². The Labute approximate surface area is 91.8 Å². The summed E-state index contributed by atoms with van der Waals surface area (Å²) in [6, 6.07) is 6.65. The first-order valence-corrected chi connectivity index (χ1v) is 4.73. The van der Waals surface area contributed by atoms with Gasteiger partial charge in [-0.25, -0.2) is 4.79 Å². The minimum absolute atomic E-state index is 0.147. The van der Waals surface area contributed by atoms with Gasteiger partial charge in [0.05, 0.1) is 5.57 Å². The highest BCUT2D eigenvalue weighted by Gasteiger charge is 2.29. The number of hydrogen-bond acceptors (Lipinski definition) is 2. The maximum absolute atomic E-state index is 11.0. The SMILES string of the molecule is O=C(O)[C]1CC=C(C(=O)O)c2ccccc21. The van der Waals surface area contributed by atoms with Crippen LogP contribution < -0.4 is 0 Å². The van der Waals surface area contributed by atoms with Crippen molar-refractivity contribution in [3.8, 4) is 0 Å². The van der Waals surface area contributed by atoms with Crippen molar-refractivity contribution in [2.75, 3.05) is 0 Å². The fraction of sp³-hybridized carbons (Fsp3) is 0.0833. The first kappa shape index (κ1) is 10.4. The summed E-state index contributed by atoms with van der Waals surface area (Å²) in [5.74, 6) is -1.80. The van der Waals surface area contributed by atoms with Crippen LogP contribution in [0.3, 0.4) is 0 Å². The van der Waals surface area contributed by atoms with Crippen molar-refractivity contribution in [1.82, 2.24) is 0 Å². The Balaban J connectivity index is 2.56. The molecule has 0 unspecified atom stereocenters. The Hall–Kier alpha value is -2.10. The molecule has 1 aromatic rings. The normalized spacial score (nSPS) is 15.1. The molecule has 0 heterocycles. The number of carbonyl (C=O) groups is 2. The predicted octanol–water partition coefficient (Wildman–Crippen LogP) is 1.57. The van der Waals surface area contributed by atoms with E-state index in [2.05, 4.69) is 0 Å². The van der Waals surface area contributed by atoms with E-state index >= 15 is 0 Å². The Bertz CT molecular complexity index is 488. The van der Waals surface area contributed by atoms with Crippen molar-refractivity contribution in [1.29, 1.82) is 0 Å². The number of allylic oxidation sites excluding steroid dienone is 1. The first-order valence-electron chi connectivity index (χ1n) is 4.73. The van der Waals surface area contributed by atoms with Gasteiger partial charge in [0, 0.05) is 0 Å². The van der Waals surface area contributed by atoms with Crippen molar-refractivity contribution in [2.24, 2.45) is 0 Å². The maximum Gasteiger partial charge on any atom is 0.335 e. The third kappa shape index (κ3) is 1.58. The first-order chi connectivity index (χ1) is 7.61. The molecular weight excluding hydrogens is 208 g/mol. The van der Waals surface area contributed by atoms with Crippen LogP contribution in [0.1, 0.15) is 17.5 Å². The fourth-order valence-electron chi connectivity index (χ4n) is 1.81. The molecule has 0 aromatic heterocycles. The van der Waals surface area contributed by atoms with E-state index in [9.17, 15) is 9.59 Å². The molecule has 1 aromatic carbocycles. The van der Waals surface area contributed by atoms with E-state index in [0.717, 1.165) is 0 Å². The Morgan fingerprint density at radius 1 is 1.00 bits per heavy atom. The van der Waals surface area contributed by atoms with E-state index in [-0.39, 0.29) is 17.9 Å². The molecule has 0 atom stereocenters. The fourth-order valence-corrected chi connectivity index (χ4v) is 1.81. The van der Waals surface area contributed by atoms with E-state index in [0.29, 0.717) is 11.1 Å². The van der Waals surface area contributed by atoms with E-state index in [1.165, 1.54) is 6.08 Å². The van der Waals surface area contributed by atoms with Crippen molar-refractivity contribution in [3.63, 3.8) is 0 Å². The van der Waals surface area contributed by atoms with Gasteiger partial charge >= 0.3 is 11.9 Å². The highest BCUT2D eigenvalue weighted by atomic mass is 16.4. The molecule has 4 nitrogen and oxygen atoms in total. The third-order valence-corrected chi connectivity index (χ3v) is 2.54. The summed E-state index contributed by atoms with van der Waals surface area (Å²) in [6.07, 6.45) is 1.59. The molecule has 1 aliphatic rings. The second kappa shape index (κ2) is 3.81. The lowest BCUT2D eigenvalue weighted by molar-refractivity contribution is -0.134. The van der Waals surface area contributed by atoms with Gasteiger partial charge in [0.1, 0.15) is 5.92 Å². The van der Waals surface area contributed by atoms with Crippen LogP contribution >= 0.6 is 0 Å². The van der Waals surface area contributed by atoms with Crippen molar-refractivity contribution >= 4 is 17.5 Å². The molecule has 16 heavy (non-hydrogen) atoms. The summed E-state index contributed by atoms with van der Waals surface area (Å²) in [7, 11) is 0. The molecule has 0 fully saturated rings. The van der Waals surface area contributed by atoms with Gasteiger partial charge < -0.3 is 10.2 Å². The standard InChI is InChI=1S/C12H9O4/c13-11(14)9-5-6-10(12(15)16)8-4-2-1-3-7(8)9/h1-5H,6H2,(H,13,14)(H,15,16). The monoisotopic (exact) mass is 217 g/mol. The van der Waals surface area contributed by atoms with Crippen LogP contribution in [0, 0.1) is 5.92 Å². The van der Waals surface area contributed by atoms with Gasteiger partial charge in [0.15, 0.2) is 0 Å². The number of carboxylic acid groups (broad SMARTS) is 2. The molecular formula is C12H9O4. The summed E-state index contributed by atoms with van der Waals surface area (Å²) in [5, 5.41) is 18.0. The number of aliphatic carboxylic acids is 2. The molecule has 4 heteroatoms. The summed E-state index contributed by atoms with van der Waals surface area (Å²) >= 11 is 0. The number of hydrogen-bond donors (Lipinski definition) is 2. The zero-order valence-electron chi connectivity index (χ0n) is 8.30. The van der Waals surface area contributed by atoms with Gasteiger partial charge in [0.25, 0.3) is 0 Å². The largest absolute Gasteiger partial charge is 0.481 e. The third-order valence-electron chi connectivity index (χ3n) is 2.54. The van der Waals surface area contributed by atoms with Gasteiger partial charge in [-0.15, -0.1) is 0 Å². The molecule has 0 saturated carbocycles. The molecule has 0 saturated heterocycles. The predicted molar refractivity (Wildman–Crippen MR) is 56.7 cm³/mol. The average Bonchev–Trinajstić information content (AvgIpc) is 2.27. The highest BCUT2D eigenvalue weighted by molar-refractivity contribution is 6.17. The lowest BCUT2D eigenvalue weighted by Gasteiger charge is -2.20. The molecule has 0 spiro atoms. The zero-order chi connectivity index (χ0) is 11.7. The van der Waals surface area contributed by atoms with Gasteiger partial charge in [-0.3, -0.25) is 4.79 Å².